The molecule has 0 unspecified atom stereocenters. The van der Waals surface area contributed by atoms with Crippen molar-refractivity contribution >= 4 is 21.1 Å². The van der Waals surface area contributed by atoms with Gasteiger partial charge in [-0.3, -0.25) is 4.90 Å². The lowest BCUT2D eigenvalue weighted by atomic mass is 9.94. The zero-order valence-corrected chi connectivity index (χ0v) is 18.0. The summed E-state index contributed by atoms with van der Waals surface area (Å²) in [5.41, 5.74) is 1.65. The molecular formula is C20H32N4O3S. The van der Waals surface area contributed by atoms with Crippen molar-refractivity contribution in [2.75, 3.05) is 27.2 Å². The third kappa shape index (κ3) is 4.25. The predicted octanol–water partition coefficient (Wildman–Crippen LogP) is 2.43. The Labute approximate surface area is 168 Å². The molecule has 28 heavy (non-hydrogen) atoms. The first-order valence-corrected chi connectivity index (χ1v) is 11.6. The van der Waals surface area contributed by atoms with Crippen LogP contribution in [0.5, 0.6) is 0 Å². The number of benzene rings is 1. The molecule has 1 aliphatic carbocycles. The first-order valence-electron chi connectivity index (χ1n) is 10.1. The monoisotopic (exact) mass is 408 g/mol. The van der Waals surface area contributed by atoms with E-state index in [0.717, 1.165) is 30.7 Å². The third-order valence-electron chi connectivity index (χ3n) is 5.72. The van der Waals surface area contributed by atoms with Crippen LogP contribution in [0.2, 0.25) is 0 Å². The second-order valence-corrected chi connectivity index (χ2v) is 9.85. The van der Waals surface area contributed by atoms with Crippen LogP contribution in [0.3, 0.4) is 0 Å². The summed E-state index contributed by atoms with van der Waals surface area (Å²) < 4.78 is 28.3. The van der Waals surface area contributed by atoms with Crippen LogP contribution in [0, 0.1) is 0 Å². The van der Waals surface area contributed by atoms with Gasteiger partial charge in [0.25, 0.3) is 0 Å². The molecule has 0 atom stereocenters. The van der Waals surface area contributed by atoms with Gasteiger partial charge in [0.15, 0.2) is 0 Å². The molecule has 7 nitrogen and oxygen atoms in total. The van der Waals surface area contributed by atoms with Crippen molar-refractivity contribution < 1.29 is 13.5 Å². The molecule has 156 valence electrons. The summed E-state index contributed by atoms with van der Waals surface area (Å²) in [5.74, 6) is 0.927. The Morgan fingerprint density at radius 2 is 1.93 bits per heavy atom. The molecule has 1 fully saturated rings. The summed E-state index contributed by atoms with van der Waals surface area (Å²) in [4.78, 5) is 7.39. The van der Waals surface area contributed by atoms with Gasteiger partial charge in [0.05, 0.1) is 29.1 Å². The van der Waals surface area contributed by atoms with Crippen molar-refractivity contribution in [2.24, 2.45) is 0 Å². The number of imidazole rings is 1. The van der Waals surface area contributed by atoms with E-state index in [1.54, 1.807) is 12.1 Å². The van der Waals surface area contributed by atoms with E-state index < -0.39 is 10.0 Å². The third-order valence-corrected chi connectivity index (χ3v) is 7.53. The lowest BCUT2D eigenvalue weighted by molar-refractivity contribution is 0.113. The van der Waals surface area contributed by atoms with E-state index in [0.29, 0.717) is 24.6 Å². The lowest BCUT2D eigenvalue weighted by Gasteiger charge is -2.33. The van der Waals surface area contributed by atoms with Crippen LogP contribution < -0.4 is 0 Å². The molecule has 1 saturated carbocycles. The first kappa shape index (κ1) is 21.2. The SMILES string of the molecule is CCn1c(CN(CCO)C2CCCCC2)nc2cc(S(=O)(=O)N(C)C)ccc21. The molecule has 0 bridgehead atoms. The highest BCUT2D eigenvalue weighted by atomic mass is 32.2. The minimum atomic E-state index is -3.49. The van der Waals surface area contributed by atoms with Gasteiger partial charge in [-0.25, -0.2) is 17.7 Å². The van der Waals surface area contributed by atoms with Crippen LogP contribution in [0.15, 0.2) is 23.1 Å². The summed E-state index contributed by atoms with van der Waals surface area (Å²) in [7, 11) is -0.418. The van der Waals surface area contributed by atoms with Gasteiger partial charge in [0.2, 0.25) is 10.0 Å². The number of aromatic nitrogens is 2. The zero-order valence-electron chi connectivity index (χ0n) is 17.1. The number of nitrogens with zero attached hydrogens (tertiary/aromatic N) is 4. The molecule has 0 spiro atoms. The second kappa shape index (κ2) is 8.90. The molecule has 1 aromatic heterocycles. The molecule has 0 saturated heterocycles. The summed E-state index contributed by atoms with van der Waals surface area (Å²) in [6.45, 7) is 4.28. The first-order chi connectivity index (χ1) is 13.4. The van der Waals surface area contributed by atoms with E-state index >= 15 is 0 Å². The molecule has 0 amide bonds. The fourth-order valence-electron chi connectivity index (χ4n) is 4.15. The van der Waals surface area contributed by atoms with Gasteiger partial charge >= 0.3 is 0 Å². The van der Waals surface area contributed by atoms with Crippen molar-refractivity contribution in [1.82, 2.24) is 18.8 Å². The minimum absolute atomic E-state index is 0.133. The second-order valence-electron chi connectivity index (χ2n) is 7.70. The smallest absolute Gasteiger partial charge is 0.242 e. The molecule has 1 heterocycles. The van der Waals surface area contributed by atoms with Crippen molar-refractivity contribution in [2.45, 2.75) is 63.1 Å². The molecule has 0 aliphatic heterocycles. The Morgan fingerprint density at radius 3 is 2.54 bits per heavy atom. The molecule has 0 radical (unpaired) electrons. The Balaban J connectivity index is 1.95. The minimum Gasteiger partial charge on any atom is -0.395 e. The highest BCUT2D eigenvalue weighted by Crippen LogP contribution is 2.26. The number of aliphatic hydroxyl groups excluding tert-OH is 1. The number of hydrogen-bond acceptors (Lipinski definition) is 5. The number of aliphatic hydroxyl groups is 1. The van der Waals surface area contributed by atoms with Gasteiger partial charge < -0.3 is 9.67 Å². The molecular weight excluding hydrogens is 376 g/mol. The van der Waals surface area contributed by atoms with E-state index in [1.165, 1.54) is 37.7 Å². The van der Waals surface area contributed by atoms with Crippen molar-refractivity contribution in [3.63, 3.8) is 0 Å². The van der Waals surface area contributed by atoms with E-state index in [1.807, 2.05) is 6.07 Å². The Morgan fingerprint density at radius 1 is 1.21 bits per heavy atom. The predicted molar refractivity (Wildman–Crippen MR) is 111 cm³/mol. The molecule has 3 rings (SSSR count). The van der Waals surface area contributed by atoms with Crippen LogP contribution in [0.25, 0.3) is 11.0 Å². The van der Waals surface area contributed by atoms with Gasteiger partial charge in [0.1, 0.15) is 5.82 Å². The molecule has 1 N–H and O–H groups in total. The number of fused-ring (bicyclic) bond motifs is 1. The maximum atomic E-state index is 12.5. The molecule has 2 aromatic rings. The van der Waals surface area contributed by atoms with Crippen LogP contribution >= 0.6 is 0 Å². The summed E-state index contributed by atoms with van der Waals surface area (Å²) in [6, 6.07) is 5.65. The Hall–Kier alpha value is -1.48. The van der Waals surface area contributed by atoms with Gasteiger partial charge in [-0.1, -0.05) is 19.3 Å². The lowest BCUT2D eigenvalue weighted by Crippen LogP contribution is -2.38. The number of rotatable bonds is 8. The summed E-state index contributed by atoms with van der Waals surface area (Å²) in [6.07, 6.45) is 6.10. The average molecular weight is 409 g/mol. The fraction of sp³-hybridized carbons (Fsp3) is 0.650. The van der Waals surface area contributed by atoms with Crippen LogP contribution in [-0.2, 0) is 23.1 Å². The standard InChI is InChI=1S/C20H32N4O3S/c1-4-24-19-11-10-17(28(26,27)22(2)3)14-18(19)21-20(24)15-23(12-13-25)16-8-6-5-7-9-16/h10-11,14,16,25H,4-9,12-13,15H2,1-3H3. The van der Waals surface area contributed by atoms with Crippen molar-refractivity contribution in [3.8, 4) is 0 Å². The summed E-state index contributed by atoms with van der Waals surface area (Å²) in [5, 5.41) is 9.55. The Bertz CT molecular complexity index is 902. The van der Waals surface area contributed by atoms with Crippen molar-refractivity contribution in [1.29, 1.82) is 0 Å². The van der Waals surface area contributed by atoms with E-state index in [9.17, 15) is 13.5 Å². The van der Waals surface area contributed by atoms with Gasteiger partial charge in [0, 0.05) is 33.2 Å². The van der Waals surface area contributed by atoms with Crippen LogP contribution in [0.4, 0.5) is 0 Å². The number of sulfonamides is 1. The van der Waals surface area contributed by atoms with Gasteiger partial charge in [-0.2, -0.15) is 0 Å². The number of hydrogen-bond donors (Lipinski definition) is 1. The van der Waals surface area contributed by atoms with E-state index in [4.69, 9.17) is 4.98 Å². The van der Waals surface area contributed by atoms with Gasteiger partial charge in [-0.15, -0.1) is 0 Å². The normalized spacial score (nSPS) is 16.5. The molecule has 1 aliphatic rings. The fourth-order valence-corrected chi connectivity index (χ4v) is 5.07. The zero-order chi connectivity index (χ0) is 20.3. The topological polar surface area (TPSA) is 78.7 Å². The quantitative estimate of drug-likeness (QED) is 0.726. The number of aryl methyl sites for hydroxylation is 1. The van der Waals surface area contributed by atoms with Gasteiger partial charge in [-0.05, 0) is 38.0 Å². The van der Waals surface area contributed by atoms with Crippen molar-refractivity contribution in [3.05, 3.63) is 24.0 Å². The maximum Gasteiger partial charge on any atom is 0.242 e. The highest BCUT2D eigenvalue weighted by molar-refractivity contribution is 7.89. The van der Waals surface area contributed by atoms with E-state index in [-0.39, 0.29) is 11.5 Å². The maximum absolute atomic E-state index is 12.5. The molecule has 8 heteroatoms. The van der Waals surface area contributed by atoms with E-state index in [2.05, 4.69) is 16.4 Å². The van der Waals surface area contributed by atoms with Crippen LogP contribution in [-0.4, -0.2) is 65.6 Å². The Kier molecular flexibility index (Phi) is 6.75. The largest absolute Gasteiger partial charge is 0.395 e. The molecule has 1 aromatic carbocycles. The summed E-state index contributed by atoms with van der Waals surface area (Å²) >= 11 is 0. The average Bonchev–Trinajstić information content (AvgIpc) is 3.04. The highest BCUT2D eigenvalue weighted by Gasteiger charge is 2.24. The van der Waals surface area contributed by atoms with Crippen LogP contribution in [0.1, 0.15) is 44.9 Å².